The number of hydrogen-bond donors (Lipinski definition) is 1. The monoisotopic (exact) mass is 222 g/mol. The fourth-order valence-corrected chi connectivity index (χ4v) is 1.93. The van der Waals surface area contributed by atoms with Crippen molar-refractivity contribution < 1.29 is 4.74 Å². The van der Waals surface area contributed by atoms with Gasteiger partial charge in [0.05, 0.1) is 7.11 Å². The summed E-state index contributed by atoms with van der Waals surface area (Å²) in [5.74, 6) is 2.32. The molecule has 1 aromatic heterocycles. The Bertz CT molecular complexity index is 365. The second kappa shape index (κ2) is 4.55. The molecule has 1 heterocycles. The summed E-state index contributed by atoms with van der Waals surface area (Å²) in [5.41, 5.74) is 0. The lowest BCUT2D eigenvalue weighted by molar-refractivity contribution is 0.383. The van der Waals surface area contributed by atoms with Crippen LogP contribution in [-0.2, 0) is 0 Å². The highest BCUT2D eigenvalue weighted by molar-refractivity contribution is 5.64. The molecule has 2 rings (SSSR count). The van der Waals surface area contributed by atoms with Crippen LogP contribution in [0.2, 0.25) is 0 Å². The van der Waals surface area contributed by atoms with Gasteiger partial charge < -0.3 is 15.0 Å². The number of aromatic nitrogens is 2. The highest BCUT2D eigenvalue weighted by Gasteiger charge is 2.26. The van der Waals surface area contributed by atoms with Crippen LogP contribution in [0.3, 0.4) is 0 Å². The number of nitrogens with one attached hydrogen (secondary N) is 1. The van der Waals surface area contributed by atoms with Gasteiger partial charge in [0.1, 0.15) is 6.33 Å². The largest absolute Gasteiger partial charge is 0.490 e. The summed E-state index contributed by atoms with van der Waals surface area (Å²) in [4.78, 5) is 10.6. The lowest BCUT2D eigenvalue weighted by Gasteiger charge is -2.36. The van der Waals surface area contributed by atoms with Crippen LogP contribution in [-0.4, -0.2) is 37.2 Å². The lowest BCUT2D eigenvalue weighted by Crippen LogP contribution is -2.37. The van der Waals surface area contributed by atoms with Crippen molar-refractivity contribution in [1.29, 1.82) is 0 Å². The first-order valence-corrected chi connectivity index (χ1v) is 5.57. The van der Waals surface area contributed by atoms with Crippen LogP contribution in [0, 0.1) is 0 Å². The third-order valence-corrected chi connectivity index (χ3v) is 3.18. The minimum atomic E-state index is 0.591. The molecule has 0 aromatic carbocycles. The summed E-state index contributed by atoms with van der Waals surface area (Å²) in [7, 11) is 5.55. The van der Waals surface area contributed by atoms with Crippen molar-refractivity contribution in [2.75, 3.05) is 31.4 Å². The zero-order chi connectivity index (χ0) is 11.5. The predicted molar refractivity (Wildman–Crippen MR) is 64.2 cm³/mol. The Labute approximate surface area is 95.8 Å². The van der Waals surface area contributed by atoms with Crippen LogP contribution in [0.5, 0.6) is 5.75 Å². The van der Waals surface area contributed by atoms with Gasteiger partial charge in [0.25, 0.3) is 0 Å². The van der Waals surface area contributed by atoms with Gasteiger partial charge in [0.2, 0.25) is 5.75 Å². The number of hydrogen-bond acceptors (Lipinski definition) is 5. The summed E-state index contributed by atoms with van der Waals surface area (Å²) in [6.07, 6.45) is 5.34. The molecule has 16 heavy (non-hydrogen) atoms. The Kier molecular flexibility index (Phi) is 3.12. The van der Waals surface area contributed by atoms with Gasteiger partial charge in [-0.15, -0.1) is 0 Å². The van der Waals surface area contributed by atoms with Crippen molar-refractivity contribution in [1.82, 2.24) is 9.97 Å². The molecule has 1 aliphatic carbocycles. The van der Waals surface area contributed by atoms with Crippen LogP contribution in [0.25, 0.3) is 0 Å². The Hall–Kier alpha value is -1.52. The third kappa shape index (κ3) is 1.77. The quantitative estimate of drug-likeness (QED) is 0.837. The maximum Gasteiger partial charge on any atom is 0.204 e. The molecule has 1 N–H and O–H groups in total. The molecule has 0 aliphatic heterocycles. The molecule has 1 fully saturated rings. The molecule has 88 valence electrons. The van der Waals surface area contributed by atoms with E-state index in [1.54, 1.807) is 13.4 Å². The van der Waals surface area contributed by atoms with E-state index in [9.17, 15) is 0 Å². The fraction of sp³-hybridized carbons (Fsp3) is 0.636. The first-order chi connectivity index (χ1) is 7.77. The van der Waals surface area contributed by atoms with Gasteiger partial charge in [0, 0.05) is 20.1 Å². The van der Waals surface area contributed by atoms with E-state index in [1.165, 1.54) is 19.3 Å². The van der Waals surface area contributed by atoms with E-state index in [0.29, 0.717) is 6.04 Å². The van der Waals surface area contributed by atoms with Crippen LogP contribution < -0.4 is 15.0 Å². The van der Waals surface area contributed by atoms with E-state index < -0.39 is 0 Å². The Morgan fingerprint density at radius 2 is 2.19 bits per heavy atom. The molecule has 0 bridgehead atoms. The second-order valence-corrected chi connectivity index (χ2v) is 4.02. The van der Waals surface area contributed by atoms with E-state index >= 15 is 0 Å². The van der Waals surface area contributed by atoms with Gasteiger partial charge in [-0.1, -0.05) is 0 Å². The number of nitrogens with zero attached hydrogens (tertiary/aromatic N) is 3. The van der Waals surface area contributed by atoms with Crippen molar-refractivity contribution in [2.24, 2.45) is 0 Å². The van der Waals surface area contributed by atoms with Crippen molar-refractivity contribution >= 4 is 11.6 Å². The molecule has 0 atom stereocenters. The third-order valence-electron chi connectivity index (χ3n) is 3.18. The zero-order valence-electron chi connectivity index (χ0n) is 10.0. The highest BCUT2D eigenvalue weighted by atomic mass is 16.5. The SMILES string of the molecule is CNc1ncnc(N(C)C2CCC2)c1OC. The second-order valence-electron chi connectivity index (χ2n) is 4.02. The highest BCUT2D eigenvalue weighted by Crippen LogP contribution is 2.35. The molecule has 0 amide bonds. The van der Waals surface area contributed by atoms with Crippen LogP contribution in [0.4, 0.5) is 11.6 Å². The first-order valence-electron chi connectivity index (χ1n) is 5.57. The van der Waals surface area contributed by atoms with Gasteiger partial charge in [-0.05, 0) is 19.3 Å². The van der Waals surface area contributed by atoms with Gasteiger partial charge in [-0.3, -0.25) is 0 Å². The van der Waals surface area contributed by atoms with Crippen LogP contribution in [0.1, 0.15) is 19.3 Å². The molecule has 1 saturated carbocycles. The molecule has 0 unspecified atom stereocenters. The summed E-state index contributed by atoms with van der Waals surface area (Å²) < 4.78 is 5.38. The Morgan fingerprint density at radius 1 is 1.44 bits per heavy atom. The minimum absolute atomic E-state index is 0.591. The topological polar surface area (TPSA) is 50.3 Å². The van der Waals surface area contributed by atoms with E-state index in [0.717, 1.165) is 17.4 Å². The average molecular weight is 222 g/mol. The molecule has 5 nitrogen and oxygen atoms in total. The van der Waals surface area contributed by atoms with Gasteiger partial charge in [0.15, 0.2) is 11.6 Å². The lowest BCUT2D eigenvalue weighted by atomic mass is 9.92. The molecule has 0 spiro atoms. The molecular formula is C11H18N4O. The minimum Gasteiger partial charge on any atom is -0.490 e. The molecule has 0 radical (unpaired) electrons. The summed E-state index contributed by atoms with van der Waals surface area (Å²) >= 11 is 0. The Balaban J connectivity index is 2.30. The molecule has 1 aliphatic rings. The molecular weight excluding hydrogens is 204 g/mol. The first kappa shape index (κ1) is 11.0. The van der Waals surface area contributed by atoms with Crippen molar-refractivity contribution in [2.45, 2.75) is 25.3 Å². The summed E-state index contributed by atoms with van der Waals surface area (Å²) in [6.45, 7) is 0. The zero-order valence-corrected chi connectivity index (χ0v) is 10.0. The van der Waals surface area contributed by atoms with Gasteiger partial charge in [-0.25, -0.2) is 9.97 Å². The van der Waals surface area contributed by atoms with Crippen molar-refractivity contribution in [3.05, 3.63) is 6.33 Å². The van der Waals surface area contributed by atoms with E-state index in [1.807, 2.05) is 7.05 Å². The number of rotatable bonds is 4. The van der Waals surface area contributed by atoms with Gasteiger partial charge in [-0.2, -0.15) is 0 Å². The van der Waals surface area contributed by atoms with Crippen molar-refractivity contribution in [3.8, 4) is 5.75 Å². The predicted octanol–water partition coefficient (Wildman–Crippen LogP) is 1.52. The average Bonchev–Trinajstić information content (AvgIpc) is 2.25. The smallest absolute Gasteiger partial charge is 0.204 e. The maximum absolute atomic E-state index is 5.38. The van der Waals surface area contributed by atoms with Crippen LogP contribution in [0.15, 0.2) is 6.33 Å². The Morgan fingerprint density at radius 3 is 2.69 bits per heavy atom. The molecule has 5 heteroatoms. The van der Waals surface area contributed by atoms with Gasteiger partial charge >= 0.3 is 0 Å². The summed E-state index contributed by atoms with van der Waals surface area (Å²) in [6, 6.07) is 0.591. The number of anilines is 2. The number of methoxy groups -OCH3 is 1. The number of ether oxygens (including phenoxy) is 1. The summed E-state index contributed by atoms with van der Waals surface area (Å²) in [5, 5.41) is 3.01. The van der Waals surface area contributed by atoms with Crippen LogP contribution >= 0.6 is 0 Å². The maximum atomic E-state index is 5.38. The normalized spacial score (nSPS) is 15.4. The fourth-order valence-electron chi connectivity index (χ4n) is 1.93. The molecule has 0 saturated heterocycles. The standard InChI is InChI=1S/C11H18N4O/c1-12-10-9(16-3)11(14-7-13-10)15(2)8-5-4-6-8/h7-8H,4-6H2,1-3H3,(H,12,13,14). The molecule has 1 aromatic rings. The van der Waals surface area contributed by atoms with E-state index in [2.05, 4.69) is 27.2 Å². The van der Waals surface area contributed by atoms with E-state index in [4.69, 9.17) is 4.74 Å². The van der Waals surface area contributed by atoms with E-state index in [-0.39, 0.29) is 0 Å². The van der Waals surface area contributed by atoms with Crippen molar-refractivity contribution in [3.63, 3.8) is 0 Å².